The number of hydrogen-bond donors (Lipinski definition) is 0. The van der Waals surface area contributed by atoms with Crippen molar-refractivity contribution in [3.05, 3.63) is 71.5 Å². The van der Waals surface area contributed by atoms with Gasteiger partial charge < -0.3 is 4.90 Å². The predicted molar refractivity (Wildman–Crippen MR) is 94.9 cm³/mol. The van der Waals surface area contributed by atoms with Crippen LogP contribution in [0, 0.1) is 0 Å². The number of imidazole rings is 1. The maximum atomic E-state index is 11.2. The molecular formula is C17H16BrN3O. The van der Waals surface area contributed by atoms with E-state index in [1.807, 2.05) is 47.0 Å². The van der Waals surface area contributed by atoms with Crippen LogP contribution >= 0.6 is 15.9 Å². The van der Waals surface area contributed by atoms with Gasteiger partial charge in [-0.15, -0.1) is 0 Å². The van der Waals surface area contributed by atoms with E-state index in [0.717, 1.165) is 22.1 Å². The fourth-order valence-electron chi connectivity index (χ4n) is 1.97. The summed E-state index contributed by atoms with van der Waals surface area (Å²) in [6.07, 6.45) is 11.7. The molecule has 1 amide bonds. The number of nitrogens with zero attached hydrogens (tertiary/aromatic N) is 3. The second-order valence-electron chi connectivity index (χ2n) is 4.62. The van der Waals surface area contributed by atoms with E-state index >= 15 is 0 Å². The molecule has 0 saturated heterocycles. The Morgan fingerprint density at radius 2 is 2.18 bits per heavy atom. The van der Waals surface area contributed by atoms with Gasteiger partial charge in [-0.2, -0.15) is 0 Å². The highest BCUT2D eigenvalue weighted by Crippen LogP contribution is 2.24. The molecule has 0 aliphatic carbocycles. The fourth-order valence-corrected chi connectivity index (χ4v) is 2.31. The van der Waals surface area contributed by atoms with Crippen molar-refractivity contribution in [1.82, 2.24) is 9.38 Å². The second-order valence-corrected chi connectivity index (χ2v) is 5.53. The largest absolute Gasteiger partial charge is 0.302 e. The van der Waals surface area contributed by atoms with Gasteiger partial charge in [0, 0.05) is 17.7 Å². The number of rotatable bonds is 6. The molecule has 22 heavy (non-hydrogen) atoms. The molecule has 2 aromatic heterocycles. The first-order chi connectivity index (χ1) is 10.6. The SMILES string of the molecule is C=C/C=C\C(=C)/C=C/c1nc2ccc(Br)cn2c1N(C)C=O. The Morgan fingerprint density at radius 1 is 1.41 bits per heavy atom. The fraction of sp³-hybridized carbons (Fsp3) is 0.0588. The number of fused-ring (bicyclic) bond motifs is 1. The summed E-state index contributed by atoms with van der Waals surface area (Å²) in [6.45, 7) is 7.54. The number of pyridine rings is 1. The summed E-state index contributed by atoms with van der Waals surface area (Å²) in [5.74, 6) is 0.697. The molecule has 0 bridgehead atoms. The first-order valence-electron chi connectivity index (χ1n) is 6.58. The Morgan fingerprint density at radius 3 is 2.86 bits per heavy atom. The third-order valence-electron chi connectivity index (χ3n) is 2.98. The number of halogens is 1. The van der Waals surface area contributed by atoms with Gasteiger partial charge in [0.1, 0.15) is 17.2 Å². The zero-order valence-corrected chi connectivity index (χ0v) is 13.8. The molecule has 4 nitrogen and oxygen atoms in total. The van der Waals surface area contributed by atoms with Gasteiger partial charge in [-0.05, 0) is 39.7 Å². The van der Waals surface area contributed by atoms with Gasteiger partial charge in [0.2, 0.25) is 6.41 Å². The average Bonchev–Trinajstić information content (AvgIpc) is 2.87. The van der Waals surface area contributed by atoms with Gasteiger partial charge in [-0.3, -0.25) is 9.20 Å². The Balaban J connectivity index is 2.50. The third kappa shape index (κ3) is 3.43. The second kappa shape index (κ2) is 7.04. The number of carbonyl (C=O) groups is 1. The Bertz CT molecular complexity index is 787. The van der Waals surface area contributed by atoms with Gasteiger partial charge >= 0.3 is 0 Å². The molecule has 0 saturated carbocycles. The van der Waals surface area contributed by atoms with Crippen molar-refractivity contribution in [1.29, 1.82) is 0 Å². The molecule has 0 spiro atoms. The van der Waals surface area contributed by atoms with Crippen LogP contribution in [0.15, 0.2) is 65.8 Å². The van der Waals surface area contributed by atoms with E-state index in [1.165, 1.54) is 4.90 Å². The highest BCUT2D eigenvalue weighted by Gasteiger charge is 2.13. The number of allylic oxidation sites excluding steroid dienone is 5. The average molecular weight is 358 g/mol. The molecule has 0 aliphatic heterocycles. The molecule has 0 fully saturated rings. The molecule has 2 rings (SSSR count). The summed E-state index contributed by atoms with van der Waals surface area (Å²) in [4.78, 5) is 17.2. The molecule has 112 valence electrons. The van der Waals surface area contributed by atoms with Crippen LogP contribution in [0.5, 0.6) is 0 Å². The molecule has 0 unspecified atom stereocenters. The van der Waals surface area contributed by atoms with Gasteiger partial charge in [-0.1, -0.05) is 37.5 Å². The maximum absolute atomic E-state index is 11.2. The molecule has 0 N–H and O–H groups in total. The minimum Gasteiger partial charge on any atom is -0.302 e. The number of aromatic nitrogens is 2. The maximum Gasteiger partial charge on any atom is 0.215 e. The Labute approximate surface area is 137 Å². The zero-order valence-electron chi connectivity index (χ0n) is 12.2. The van der Waals surface area contributed by atoms with Crippen LogP contribution in [0.3, 0.4) is 0 Å². The lowest BCUT2D eigenvalue weighted by Gasteiger charge is -2.11. The standard InChI is InChI=1S/C17H16BrN3O/c1-4-5-6-13(2)7-9-15-17(20(3)12-22)21-11-14(18)8-10-16(21)19-15/h4-12H,1-2H2,3H3/b6-5-,9-7+. The third-order valence-corrected chi connectivity index (χ3v) is 3.45. The molecular weight excluding hydrogens is 342 g/mol. The van der Waals surface area contributed by atoms with Crippen LogP contribution < -0.4 is 4.90 Å². The summed E-state index contributed by atoms with van der Waals surface area (Å²) in [7, 11) is 1.70. The lowest BCUT2D eigenvalue weighted by Crippen LogP contribution is -2.16. The van der Waals surface area contributed by atoms with E-state index in [0.29, 0.717) is 11.5 Å². The van der Waals surface area contributed by atoms with Crippen LogP contribution in [-0.4, -0.2) is 22.8 Å². The van der Waals surface area contributed by atoms with Crippen LogP contribution in [-0.2, 0) is 4.79 Å². The van der Waals surface area contributed by atoms with Crippen molar-refractivity contribution >= 4 is 39.9 Å². The highest BCUT2D eigenvalue weighted by molar-refractivity contribution is 9.10. The van der Waals surface area contributed by atoms with E-state index in [1.54, 1.807) is 13.1 Å². The quantitative estimate of drug-likeness (QED) is 0.578. The van der Waals surface area contributed by atoms with Gasteiger partial charge in [0.15, 0.2) is 0 Å². The molecule has 2 heterocycles. The monoisotopic (exact) mass is 357 g/mol. The molecule has 0 aliphatic rings. The Hall–Kier alpha value is -2.40. The lowest BCUT2D eigenvalue weighted by atomic mass is 10.2. The first kappa shape index (κ1) is 16.0. The summed E-state index contributed by atoms with van der Waals surface area (Å²) in [5, 5.41) is 0. The van der Waals surface area contributed by atoms with E-state index in [-0.39, 0.29) is 0 Å². The predicted octanol–water partition coefficient (Wildman–Crippen LogP) is 4.00. The van der Waals surface area contributed by atoms with Gasteiger partial charge in [0.05, 0.1) is 0 Å². The van der Waals surface area contributed by atoms with Crippen LogP contribution in [0.4, 0.5) is 5.82 Å². The summed E-state index contributed by atoms with van der Waals surface area (Å²) in [5.41, 5.74) is 2.28. The normalized spacial score (nSPS) is 11.4. The van der Waals surface area contributed by atoms with E-state index in [2.05, 4.69) is 34.1 Å². The number of carbonyl (C=O) groups excluding carboxylic acids is 1. The van der Waals surface area contributed by atoms with E-state index < -0.39 is 0 Å². The van der Waals surface area contributed by atoms with Crippen molar-refractivity contribution in [2.75, 3.05) is 11.9 Å². The van der Waals surface area contributed by atoms with Crippen LogP contribution in [0.1, 0.15) is 5.69 Å². The number of amides is 1. The first-order valence-corrected chi connectivity index (χ1v) is 7.38. The molecule has 0 atom stereocenters. The summed E-state index contributed by atoms with van der Waals surface area (Å²) in [6, 6.07) is 3.79. The van der Waals surface area contributed by atoms with Gasteiger partial charge in [-0.25, -0.2) is 4.98 Å². The van der Waals surface area contributed by atoms with Crippen molar-refractivity contribution < 1.29 is 4.79 Å². The zero-order chi connectivity index (χ0) is 16.1. The number of hydrogen-bond acceptors (Lipinski definition) is 2. The molecule has 0 radical (unpaired) electrons. The topological polar surface area (TPSA) is 37.6 Å². The molecule has 0 aromatic carbocycles. The number of anilines is 1. The Kier molecular flexibility index (Phi) is 5.12. The van der Waals surface area contributed by atoms with Crippen LogP contribution in [0.25, 0.3) is 11.7 Å². The summed E-state index contributed by atoms with van der Waals surface area (Å²) >= 11 is 3.43. The summed E-state index contributed by atoms with van der Waals surface area (Å²) < 4.78 is 2.77. The van der Waals surface area contributed by atoms with Crippen molar-refractivity contribution in [3.63, 3.8) is 0 Å². The smallest absolute Gasteiger partial charge is 0.215 e. The van der Waals surface area contributed by atoms with Crippen molar-refractivity contribution in [2.24, 2.45) is 0 Å². The lowest BCUT2D eigenvalue weighted by molar-refractivity contribution is -0.107. The molecule has 5 heteroatoms. The van der Waals surface area contributed by atoms with Crippen molar-refractivity contribution in [2.45, 2.75) is 0 Å². The van der Waals surface area contributed by atoms with E-state index in [9.17, 15) is 4.79 Å². The van der Waals surface area contributed by atoms with Gasteiger partial charge in [0.25, 0.3) is 0 Å². The van der Waals surface area contributed by atoms with E-state index in [4.69, 9.17) is 0 Å². The molecule has 2 aromatic rings. The van der Waals surface area contributed by atoms with Crippen LogP contribution in [0.2, 0.25) is 0 Å². The minimum atomic E-state index is 0.695. The highest BCUT2D eigenvalue weighted by atomic mass is 79.9. The van der Waals surface area contributed by atoms with Crippen molar-refractivity contribution in [3.8, 4) is 0 Å². The minimum absolute atomic E-state index is 0.695.